The summed E-state index contributed by atoms with van der Waals surface area (Å²) in [4.78, 5) is 11.7. The zero-order valence-corrected chi connectivity index (χ0v) is 10.4. The highest BCUT2D eigenvalue weighted by Crippen LogP contribution is 2.39. The molecule has 0 aliphatic heterocycles. The minimum absolute atomic E-state index is 0.226. The highest BCUT2D eigenvalue weighted by atomic mass is 32.2. The predicted octanol–water partition coefficient (Wildman–Crippen LogP) is 3.19. The first-order valence-electron chi connectivity index (χ1n) is 5.10. The van der Waals surface area contributed by atoms with E-state index >= 15 is 0 Å². The van der Waals surface area contributed by atoms with Gasteiger partial charge in [0, 0.05) is 17.7 Å². The molecule has 0 heterocycles. The van der Waals surface area contributed by atoms with Crippen LogP contribution >= 0.6 is 11.8 Å². The van der Waals surface area contributed by atoms with Gasteiger partial charge in [-0.15, -0.1) is 11.8 Å². The Morgan fingerprint density at radius 3 is 2.53 bits per heavy atom. The number of hydrogen-bond donors (Lipinski definition) is 1. The molecule has 1 N–H and O–H groups in total. The van der Waals surface area contributed by atoms with Crippen LogP contribution in [0.4, 0.5) is 0 Å². The lowest BCUT2D eigenvalue weighted by molar-refractivity contribution is -0.131. The zero-order chi connectivity index (χ0) is 12.4. The molecular weight excluding hydrogens is 236 g/mol. The van der Waals surface area contributed by atoms with Crippen molar-refractivity contribution in [2.75, 3.05) is 6.26 Å². The Bertz CT molecular complexity index is 578. The molecule has 0 aliphatic rings. The molecule has 2 aromatic rings. The van der Waals surface area contributed by atoms with Gasteiger partial charge in [-0.05, 0) is 12.3 Å². The quantitative estimate of drug-likeness (QED) is 0.503. The Morgan fingerprint density at radius 1 is 1.29 bits per heavy atom. The number of hydrogen-bond acceptors (Lipinski definition) is 4. The van der Waals surface area contributed by atoms with Crippen LogP contribution in [0.3, 0.4) is 0 Å². The number of rotatable bonds is 2. The summed E-state index contributed by atoms with van der Waals surface area (Å²) in [6.07, 6.45) is 1.86. The molecule has 0 unspecified atom stereocenters. The molecule has 4 heteroatoms. The first-order chi connectivity index (χ1) is 8.13. The average molecular weight is 248 g/mol. The molecule has 0 amide bonds. The minimum Gasteiger partial charge on any atom is -0.506 e. The molecule has 88 valence electrons. The van der Waals surface area contributed by atoms with Crippen molar-refractivity contribution in [2.45, 2.75) is 11.8 Å². The number of phenolic OH excluding ortho intramolecular Hbond substituents is 1. The lowest BCUT2D eigenvalue weighted by Crippen LogP contribution is -2.02. The Morgan fingerprint density at radius 2 is 1.94 bits per heavy atom. The van der Waals surface area contributed by atoms with Gasteiger partial charge in [-0.1, -0.05) is 24.3 Å². The molecule has 0 atom stereocenters. The second kappa shape index (κ2) is 4.67. The Hall–Kier alpha value is -1.68. The third kappa shape index (κ3) is 2.22. The maximum absolute atomic E-state index is 11.0. The van der Waals surface area contributed by atoms with Crippen molar-refractivity contribution < 1.29 is 14.6 Å². The van der Waals surface area contributed by atoms with E-state index in [-0.39, 0.29) is 11.7 Å². The number of aromatic hydroxyl groups is 1. The van der Waals surface area contributed by atoms with Crippen LogP contribution in [0.1, 0.15) is 6.92 Å². The van der Waals surface area contributed by atoms with Crippen LogP contribution in [0.5, 0.6) is 11.5 Å². The van der Waals surface area contributed by atoms with Crippen molar-refractivity contribution in [3.05, 3.63) is 30.3 Å². The van der Waals surface area contributed by atoms with Crippen molar-refractivity contribution in [1.82, 2.24) is 0 Å². The normalized spacial score (nSPS) is 10.5. The summed E-state index contributed by atoms with van der Waals surface area (Å²) in [7, 11) is 0. The monoisotopic (exact) mass is 248 g/mol. The number of phenols is 1. The summed E-state index contributed by atoms with van der Waals surface area (Å²) < 4.78 is 5.16. The SMILES string of the molecule is CSc1cc(OC(C)=O)c2ccccc2c1O. The van der Waals surface area contributed by atoms with Gasteiger partial charge in [-0.3, -0.25) is 4.79 Å². The van der Waals surface area contributed by atoms with Crippen LogP contribution in [0.25, 0.3) is 10.8 Å². The Labute approximate surface area is 103 Å². The number of thioether (sulfide) groups is 1. The molecule has 0 aromatic heterocycles. The van der Waals surface area contributed by atoms with E-state index in [2.05, 4.69) is 0 Å². The van der Waals surface area contributed by atoms with Gasteiger partial charge in [0.05, 0.1) is 4.90 Å². The van der Waals surface area contributed by atoms with E-state index < -0.39 is 0 Å². The van der Waals surface area contributed by atoms with Crippen LogP contribution in [-0.4, -0.2) is 17.3 Å². The molecule has 0 radical (unpaired) electrons. The maximum Gasteiger partial charge on any atom is 0.308 e. The molecule has 0 fully saturated rings. The van der Waals surface area contributed by atoms with E-state index in [1.54, 1.807) is 12.1 Å². The third-order valence-corrected chi connectivity index (χ3v) is 3.17. The highest BCUT2D eigenvalue weighted by molar-refractivity contribution is 7.98. The fourth-order valence-electron chi connectivity index (χ4n) is 1.70. The molecule has 2 aromatic carbocycles. The molecule has 0 saturated heterocycles. The van der Waals surface area contributed by atoms with Gasteiger partial charge in [0.25, 0.3) is 0 Å². The second-order valence-electron chi connectivity index (χ2n) is 3.56. The number of ether oxygens (including phenoxy) is 1. The van der Waals surface area contributed by atoms with Crippen molar-refractivity contribution >= 4 is 28.5 Å². The van der Waals surface area contributed by atoms with Crippen molar-refractivity contribution in [3.8, 4) is 11.5 Å². The smallest absolute Gasteiger partial charge is 0.308 e. The van der Waals surface area contributed by atoms with Gasteiger partial charge in [0.2, 0.25) is 0 Å². The van der Waals surface area contributed by atoms with E-state index in [9.17, 15) is 9.90 Å². The summed E-state index contributed by atoms with van der Waals surface area (Å²) in [6.45, 7) is 1.36. The van der Waals surface area contributed by atoms with Gasteiger partial charge in [-0.25, -0.2) is 0 Å². The fraction of sp³-hybridized carbons (Fsp3) is 0.154. The third-order valence-electron chi connectivity index (χ3n) is 2.42. The topological polar surface area (TPSA) is 46.5 Å². The molecule has 0 spiro atoms. The summed E-state index contributed by atoms with van der Waals surface area (Å²) in [6, 6.07) is 8.98. The standard InChI is InChI=1S/C13H12O3S/c1-8(14)16-11-7-12(17-2)13(15)10-6-4-3-5-9(10)11/h3-7,15H,1-2H3. The van der Waals surface area contributed by atoms with Gasteiger partial charge in [0.15, 0.2) is 0 Å². The second-order valence-corrected chi connectivity index (χ2v) is 4.41. The van der Waals surface area contributed by atoms with E-state index in [0.29, 0.717) is 16.0 Å². The Kier molecular flexibility index (Phi) is 3.24. The molecule has 0 aliphatic carbocycles. The highest BCUT2D eigenvalue weighted by Gasteiger charge is 2.12. The van der Waals surface area contributed by atoms with Crippen LogP contribution in [0.2, 0.25) is 0 Å². The summed E-state index contributed by atoms with van der Waals surface area (Å²) >= 11 is 1.41. The van der Waals surface area contributed by atoms with Crippen LogP contribution in [-0.2, 0) is 4.79 Å². The molecular formula is C13H12O3S. The van der Waals surface area contributed by atoms with Gasteiger partial charge >= 0.3 is 5.97 Å². The molecule has 0 bridgehead atoms. The van der Waals surface area contributed by atoms with Crippen LogP contribution in [0.15, 0.2) is 35.2 Å². The largest absolute Gasteiger partial charge is 0.506 e. The van der Waals surface area contributed by atoms with Crippen LogP contribution < -0.4 is 4.74 Å². The van der Waals surface area contributed by atoms with E-state index in [4.69, 9.17) is 4.74 Å². The summed E-state index contributed by atoms with van der Waals surface area (Å²) in [5, 5.41) is 11.5. The van der Waals surface area contributed by atoms with E-state index in [1.165, 1.54) is 18.7 Å². The van der Waals surface area contributed by atoms with Crippen LogP contribution in [0, 0.1) is 0 Å². The maximum atomic E-state index is 11.0. The molecule has 17 heavy (non-hydrogen) atoms. The molecule has 3 nitrogen and oxygen atoms in total. The van der Waals surface area contributed by atoms with Crippen molar-refractivity contribution in [2.24, 2.45) is 0 Å². The van der Waals surface area contributed by atoms with Crippen molar-refractivity contribution in [3.63, 3.8) is 0 Å². The van der Waals surface area contributed by atoms with Gasteiger partial charge < -0.3 is 9.84 Å². The first-order valence-corrected chi connectivity index (χ1v) is 6.33. The Balaban J connectivity index is 2.73. The number of carbonyl (C=O) groups is 1. The predicted molar refractivity (Wildman–Crippen MR) is 68.7 cm³/mol. The molecule has 2 rings (SSSR count). The fourth-order valence-corrected chi connectivity index (χ4v) is 2.23. The number of benzene rings is 2. The minimum atomic E-state index is -0.368. The average Bonchev–Trinajstić information content (AvgIpc) is 2.32. The summed E-state index contributed by atoms with van der Waals surface area (Å²) in [5.74, 6) is 0.340. The van der Waals surface area contributed by atoms with E-state index in [0.717, 1.165) is 5.39 Å². The number of esters is 1. The molecule has 0 saturated carbocycles. The van der Waals surface area contributed by atoms with Crippen molar-refractivity contribution in [1.29, 1.82) is 0 Å². The lowest BCUT2D eigenvalue weighted by atomic mass is 10.1. The zero-order valence-electron chi connectivity index (χ0n) is 9.56. The lowest BCUT2D eigenvalue weighted by Gasteiger charge is -2.10. The number of carbonyl (C=O) groups excluding carboxylic acids is 1. The first kappa shape index (κ1) is 11.8. The van der Waals surface area contributed by atoms with E-state index in [1.807, 2.05) is 24.5 Å². The van der Waals surface area contributed by atoms with Gasteiger partial charge in [0.1, 0.15) is 11.5 Å². The number of fused-ring (bicyclic) bond motifs is 1. The summed E-state index contributed by atoms with van der Waals surface area (Å²) in [5.41, 5.74) is 0. The van der Waals surface area contributed by atoms with Gasteiger partial charge in [-0.2, -0.15) is 0 Å².